The Morgan fingerprint density at radius 1 is 1.15 bits per heavy atom. The van der Waals surface area contributed by atoms with E-state index in [4.69, 9.17) is 23.6 Å². The van der Waals surface area contributed by atoms with E-state index in [9.17, 15) is 4.79 Å². The SMILES string of the molecule is COc1cc(-c2ncc(C(=O)NCc3ccco3)c(N3CCC(C)CC3)n2)cc(OC)c1OC. The van der Waals surface area contributed by atoms with Gasteiger partial charge in [-0.05, 0) is 43.0 Å². The summed E-state index contributed by atoms with van der Waals surface area (Å²) in [5, 5.41) is 2.90. The number of carbonyl (C=O) groups excluding carboxylic acids is 1. The van der Waals surface area contributed by atoms with Crippen molar-refractivity contribution in [3.05, 3.63) is 48.0 Å². The summed E-state index contributed by atoms with van der Waals surface area (Å²) in [5.74, 6) is 3.66. The van der Waals surface area contributed by atoms with E-state index < -0.39 is 0 Å². The molecule has 180 valence electrons. The lowest BCUT2D eigenvalue weighted by Crippen LogP contribution is -2.36. The van der Waals surface area contributed by atoms with Crippen LogP contribution in [0.2, 0.25) is 0 Å². The van der Waals surface area contributed by atoms with Crippen molar-refractivity contribution in [2.75, 3.05) is 39.3 Å². The van der Waals surface area contributed by atoms with Crippen LogP contribution in [0.15, 0.2) is 41.1 Å². The lowest BCUT2D eigenvalue weighted by molar-refractivity contribution is 0.0947. The van der Waals surface area contributed by atoms with Crippen LogP contribution in [0.5, 0.6) is 17.2 Å². The van der Waals surface area contributed by atoms with Gasteiger partial charge in [0.25, 0.3) is 5.91 Å². The monoisotopic (exact) mass is 466 g/mol. The molecule has 0 unspecified atom stereocenters. The normalized spacial score (nSPS) is 14.1. The first-order chi connectivity index (χ1) is 16.5. The van der Waals surface area contributed by atoms with E-state index in [2.05, 4.69) is 22.1 Å². The Kier molecular flexibility index (Phi) is 7.20. The highest BCUT2D eigenvalue weighted by atomic mass is 16.5. The molecule has 2 aromatic heterocycles. The van der Waals surface area contributed by atoms with Gasteiger partial charge in [0, 0.05) is 24.8 Å². The third-order valence-electron chi connectivity index (χ3n) is 6.02. The van der Waals surface area contributed by atoms with Gasteiger partial charge in [0.1, 0.15) is 17.1 Å². The summed E-state index contributed by atoms with van der Waals surface area (Å²) < 4.78 is 21.7. The number of nitrogens with one attached hydrogen (secondary N) is 1. The van der Waals surface area contributed by atoms with Crippen LogP contribution in [0.1, 0.15) is 35.9 Å². The van der Waals surface area contributed by atoms with Crippen molar-refractivity contribution in [3.8, 4) is 28.6 Å². The molecule has 0 bridgehead atoms. The topological polar surface area (TPSA) is 99.0 Å². The van der Waals surface area contributed by atoms with Crippen molar-refractivity contribution in [2.24, 2.45) is 5.92 Å². The van der Waals surface area contributed by atoms with E-state index in [0.29, 0.717) is 51.7 Å². The van der Waals surface area contributed by atoms with Gasteiger partial charge >= 0.3 is 0 Å². The van der Waals surface area contributed by atoms with Crippen molar-refractivity contribution in [1.82, 2.24) is 15.3 Å². The van der Waals surface area contributed by atoms with Gasteiger partial charge in [0.2, 0.25) is 5.75 Å². The predicted molar refractivity (Wildman–Crippen MR) is 128 cm³/mol. The van der Waals surface area contributed by atoms with Crippen molar-refractivity contribution in [3.63, 3.8) is 0 Å². The molecule has 1 aliphatic heterocycles. The Bertz CT molecular complexity index is 1100. The van der Waals surface area contributed by atoms with Gasteiger partial charge in [-0.15, -0.1) is 0 Å². The Labute approximate surface area is 199 Å². The van der Waals surface area contributed by atoms with Crippen LogP contribution < -0.4 is 24.4 Å². The Hall–Kier alpha value is -3.75. The minimum absolute atomic E-state index is 0.249. The van der Waals surface area contributed by atoms with Crippen LogP contribution in [-0.4, -0.2) is 50.3 Å². The minimum Gasteiger partial charge on any atom is -0.493 e. The number of carbonyl (C=O) groups is 1. The van der Waals surface area contributed by atoms with Crippen LogP contribution in [0.3, 0.4) is 0 Å². The average molecular weight is 467 g/mol. The van der Waals surface area contributed by atoms with Crippen LogP contribution in [0.25, 0.3) is 11.4 Å². The molecule has 0 saturated carbocycles. The molecule has 3 heterocycles. The second-order valence-electron chi connectivity index (χ2n) is 8.28. The predicted octanol–water partition coefficient (Wildman–Crippen LogP) is 3.93. The number of nitrogens with zero attached hydrogens (tertiary/aromatic N) is 3. The van der Waals surface area contributed by atoms with Crippen LogP contribution >= 0.6 is 0 Å². The average Bonchev–Trinajstić information content (AvgIpc) is 3.40. The number of hydrogen-bond acceptors (Lipinski definition) is 8. The number of aromatic nitrogens is 2. The highest BCUT2D eigenvalue weighted by molar-refractivity contribution is 5.99. The quantitative estimate of drug-likeness (QED) is 0.533. The molecule has 1 aliphatic rings. The third-order valence-corrected chi connectivity index (χ3v) is 6.02. The lowest BCUT2D eigenvalue weighted by Gasteiger charge is -2.32. The number of methoxy groups -OCH3 is 3. The lowest BCUT2D eigenvalue weighted by atomic mass is 9.99. The molecule has 1 fully saturated rings. The van der Waals surface area contributed by atoms with Gasteiger partial charge in [-0.25, -0.2) is 9.97 Å². The van der Waals surface area contributed by atoms with Gasteiger partial charge in [0.05, 0.1) is 34.1 Å². The fraction of sp³-hybridized carbons (Fsp3) is 0.400. The molecule has 1 aromatic carbocycles. The van der Waals surface area contributed by atoms with E-state index in [-0.39, 0.29) is 12.5 Å². The first kappa shape index (κ1) is 23.4. The van der Waals surface area contributed by atoms with Crippen molar-refractivity contribution >= 4 is 11.7 Å². The fourth-order valence-corrected chi connectivity index (χ4v) is 4.02. The van der Waals surface area contributed by atoms with Gasteiger partial charge in [-0.2, -0.15) is 0 Å². The second-order valence-corrected chi connectivity index (χ2v) is 8.28. The zero-order valence-electron chi connectivity index (χ0n) is 20.0. The molecule has 0 atom stereocenters. The number of amides is 1. The molecule has 1 saturated heterocycles. The summed E-state index contributed by atoms with van der Waals surface area (Å²) >= 11 is 0. The second kappa shape index (κ2) is 10.5. The van der Waals surface area contributed by atoms with E-state index in [1.54, 1.807) is 52.0 Å². The summed E-state index contributed by atoms with van der Waals surface area (Å²) in [7, 11) is 4.69. The molecule has 4 rings (SSSR count). The molecule has 1 amide bonds. The molecule has 9 heteroatoms. The third kappa shape index (κ3) is 4.93. The standard InChI is InChI=1S/C25H30N4O5/c1-16-7-9-29(10-8-16)24-19(25(30)27-14-18-6-5-11-34-18)15-26-23(28-24)17-12-20(31-2)22(33-4)21(13-17)32-3/h5-6,11-13,15-16H,7-10,14H2,1-4H3,(H,27,30). The summed E-state index contributed by atoms with van der Waals surface area (Å²) in [4.78, 5) is 24.6. The summed E-state index contributed by atoms with van der Waals surface area (Å²) in [6.45, 7) is 4.18. The molecular weight excluding hydrogens is 436 g/mol. The van der Waals surface area contributed by atoms with E-state index in [1.165, 1.54) is 0 Å². The maximum Gasteiger partial charge on any atom is 0.256 e. The van der Waals surface area contributed by atoms with E-state index in [1.807, 2.05) is 6.07 Å². The first-order valence-electron chi connectivity index (χ1n) is 11.3. The Morgan fingerprint density at radius 2 is 1.85 bits per heavy atom. The maximum atomic E-state index is 13.1. The zero-order chi connectivity index (χ0) is 24.1. The molecule has 0 radical (unpaired) electrons. The number of anilines is 1. The van der Waals surface area contributed by atoms with Crippen LogP contribution in [0, 0.1) is 5.92 Å². The molecule has 3 aromatic rings. The highest BCUT2D eigenvalue weighted by Crippen LogP contribution is 2.41. The Balaban J connectivity index is 1.71. The molecular formula is C25H30N4O5. The Morgan fingerprint density at radius 3 is 2.44 bits per heavy atom. The largest absolute Gasteiger partial charge is 0.493 e. The van der Waals surface area contributed by atoms with Crippen LogP contribution in [-0.2, 0) is 6.54 Å². The maximum absolute atomic E-state index is 13.1. The number of piperidine rings is 1. The zero-order valence-corrected chi connectivity index (χ0v) is 20.0. The minimum atomic E-state index is -0.249. The summed E-state index contributed by atoms with van der Waals surface area (Å²) in [6, 6.07) is 7.21. The van der Waals surface area contributed by atoms with Gasteiger partial charge in [0.15, 0.2) is 17.3 Å². The van der Waals surface area contributed by atoms with Gasteiger partial charge in [-0.3, -0.25) is 4.79 Å². The number of ether oxygens (including phenoxy) is 3. The number of hydrogen-bond donors (Lipinski definition) is 1. The molecule has 9 nitrogen and oxygen atoms in total. The van der Waals surface area contributed by atoms with Gasteiger partial charge < -0.3 is 28.8 Å². The molecule has 0 aliphatic carbocycles. The molecule has 0 spiro atoms. The highest BCUT2D eigenvalue weighted by Gasteiger charge is 2.25. The fourth-order valence-electron chi connectivity index (χ4n) is 4.02. The summed E-state index contributed by atoms with van der Waals surface area (Å²) in [5.41, 5.74) is 1.13. The molecule has 34 heavy (non-hydrogen) atoms. The van der Waals surface area contributed by atoms with E-state index >= 15 is 0 Å². The van der Waals surface area contributed by atoms with Crippen molar-refractivity contribution in [1.29, 1.82) is 0 Å². The number of rotatable bonds is 8. The molecule has 1 N–H and O–H groups in total. The number of furan rings is 1. The van der Waals surface area contributed by atoms with Crippen molar-refractivity contribution < 1.29 is 23.4 Å². The number of benzene rings is 1. The van der Waals surface area contributed by atoms with Crippen LogP contribution in [0.4, 0.5) is 5.82 Å². The van der Waals surface area contributed by atoms with Crippen molar-refractivity contribution in [2.45, 2.75) is 26.3 Å². The first-order valence-corrected chi connectivity index (χ1v) is 11.3. The smallest absolute Gasteiger partial charge is 0.256 e. The van der Waals surface area contributed by atoms with E-state index in [0.717, 1.165) is 25.9 Å². The van der Waals surface area contributed by atoms with Gasteiger partial charge in [-0.1, -0.05) is 6.92 Å². The summed E-state index contributed by atoms with van der Waals surface area (Å²) in [6.07, 6.45) is 5.24.